The summed E-state index contributed by atoms with van der Waals surface area (Å²) < 4.78 is 0. The number of likely N-dealkylation sites (N-methyl/N-ethyl adjacent to an activating group) is 1. The lowest BCUT2D eigenvalue weighted by Crippen LogP contribution is -2.66. The molecule has 0 aromatic carbocycles. The fraction of sp³-hybridized carbons (Fsp3) is 0.667. The Morgan fingerprint density at radius 3 is 1.89 bits per heavy atom. The molecule has 1 rings (SSSR count). The molecule has 0 spiro atoms. The smallest absolute Gasteiger partial charge is 0.293 e. The minimum atomic E-state index is -0.545. The van der Waals surface area contributed by atoms with E-state index < -0.39 is 5.54 Å². The molecule has 9 heavy (non-hydrogen) atoms. The summed E-state index contributed by atoms with van der Waals surface area (Å²) in [6, 6.07) is 0. The molecule has 1 aliphatic rings. The Hall–Kier alpha value is -0.860. The van der Waals surface area contributed by atoms with E-state index in [4.69, 9.17) is 0 Å². The van der Waals surface area contributed by atoms with E-state index >= 15 is 0 Å². The first-order valence-corrected chi connectivity index (χ1v) is 2.80. The normalized spacial score (nSPS) is 24.1. The lowest BCUT2D eigenvalue weighted by atomic mass is 9.87. The van der Waals surface area contributed by atoms with Gasteiger partial charge in [0.05, 0.1) is 0 Å². The highest BCUT2D eigenvalue weighted by Gasteiger charge is 2.50. The van der Waals surface area contributed by atoms with Crippen molar-refractivity contribution in [2.45, 2.75) is 19.4 Å². The van der Waals surface area contributed by atoms with Gasteiger partial charge in [-0.2, -0.15) is 0 Å². The molecule has 0 aromatic rings. The van der Waals surface area contributed by atoms with E-state index in [1.807, 2.05) is 0 Å². The summed E-state index contributed by atoms with van der Waals surface area (Å²) in [5.41, 5.74) is -0.545. The van der Waals surface area contributed by atoms with Crippen LogP contribution in [0.3, 0.4) is 0 Å². The minimum Gasteiger partial charge on any atom is -0.326 e. The number of hydrogen-bond donors (Lipinski definition) is 0. The van der Waals surface area contributed by atoms with Crippen molar-refractivity contribution in [3.05, 3.63) is 0 Å². The summed E-state index contributed by atoms with van der Waals surface area (Å²) in [7, 11) is 1.63. The highest BCUT2D eigenvalue weighted by Crippen LogP contribution is 2.24. The number of rotatable bonds is 0. The van der Waals surface area contributed by atoms with Gasteiger partial charge in [0.2, 0.25) is 5.78 Å². The van der Waals surface area contributed by atoms with Gasteiger partial charge in [-0.1, -0.05) is 0 Å². The number of Topliss-reactive ketones (excluding diaryl/α,β-unsaturated/α-hetero) is 1. The lowest BCUT2D eigenvalue weighted by molar-refractivity contribution is -0.165. The number of ketones is 1. The maximum absolute atomic E-state index is 10.7. The van der Waals surface area contributed by atoms with E-state index in [1.165, 1.54) is 4.90 Å². The predicted octanol–water partition coefficient (Wildman–Crippen LogP) is -0.194. The highest BCUT2D eigenvalue weighted by molar-refractivity contribution is 6.46. The van der Waals surface area contributed by atoms with Crippen molar-refractivity contribution in [2.24, 2.45) is 0 Å². The van der Waals surface area contributed by atoms with Crippen LogP contribution in [0, 0.1) is 0 Å². The minimum absolute atomic E-state index is 0.287. The second kappa shape index (κ2) is 1.35. The van der Waals surface area contributed by atoms with E-state index in [-0.39, 0.29) is 11.7 Å². The zero-order valence-corrected chi connectivity index (χ0v) is 5.76. The molecule has 3 nitrogen and oxygen atoms in total. The van der Waals surface area contributed by atoms with Gasteiger partial charge < -0.3 is 4.90 Å². The van der Waals surface area contributed by atoms with Gasteiger partial charge in [-0.15, -0.1) is 0 Å². The maximum atomic E-state index is 10.7. The third-order valence-electron chi connectivity index (χ3n) is 1.89. The van der Waals surface area contributed by atoms with Crippen molar-refractivity contribution in [3.63, 3.8) is 0 Å². The lowest BCUT2D eigenvalue weighted by Gasteiger charge is -2.42. The van der Waals surface area contributed by atoms with Crippen LogP contribution in [0.15, 0.2) is 0 Å². The van der Waals surface area contributed by atoms with E-state index in [2.05, 4.69) is 0 Å². The third-order valence-corrected chi connectivity index (χ3v) is 1.89. The molecule has 1 heterocycles. The fourth-order valence-corrected chi connectivity index (χ4v) is 0.767. The van der Waals surface area contributed by atoms with Crippen LogP contribution in [-0.4, -0.2) is 29.2 Å². The topological polar surface area (TPSA) is 37.4 Å². The first kappa shape index (κ1) is 6.26. The van der Waals surface area contributed by atoms with Crippen LogP contribution in [0.5, 0.6) is 0 Å². The maximum Gasteiger partial charge on any atom is 0.293 e. The molecule has 1 aliphatic heterocycles. The summed E-state index contributed by atoms with van der Waals surface area (Å²) >= 11 is 0. The largest absolute Gasteiger partial charge is 0.326 e. The van der Waals surface area contributed by atoms with Crippen LogP contribution >= 0.6 is 0 Å². The number of β-lactam (4-membered cyclic amide) rings is 1. The molecule has 1 saturated heterocycles. The molecular formula is C6H9NO2. The van der Waals surface area contributed by atoms with Gasteiger partial charge in [0.25, 0.3) is 5.91 Å². The first-order valence-electron chi connectivity index (χ1n) is 2.80. The van der Waals surface area contributed by atoms with Gasteiger partial charge in [0.1, 0.15) is 5.54 Å². The Labute approximate surface area is 53.6 Å². The van der Waals surface area contributed by atoms with Crippen molar-refractivity contribution in [3.8, 4) is 0 Å². The molecule has 0 saturated carbocycles. The molecule has 50 valence electrons. The van der Waals surface area contributed by atoms with Crippen LogP contribution in [0.1, 0.15) is 13.8 Å². The molecule has 0 aliphatic carbocycles. The van der Waals surface area contributed by atoms with Crippen LogP contribution in [0.4, 0.5) is 0 Å². The number of carbonyl (C=O) groups excluding carboxylic acids is 2. The van der Waals surface area contributed by atoms with E-state index in [0.717, 1.165) is 0 Å². The molecule has 0 atom stereocenters. The van der Waals surface area contributed by atoms with Crippen LogP contribution < -0.4 is 0 Å². The fourth-order valence-electron chi connectivity index (χ4n) is 0.767. The second-order valence-electron chi connectivity index (χ2n) is 2.75. The van der Waals surface area contributed by atoms with Crippen molar-refractivity contribution in [2.75, 3.05) is 7.05 Å². The SMILES string of the molecule is CN1C(=O)C(=O)C1(C)C. The van der Waals surface area contributed by atoms with Gasteiger partial charge in [0.15, 0.2) is 0 Å². The highest BCUT2D eigenvalue weighted by atomic mass is 16.2. The Balaban J connectivity index is 2.86. The van der Waals surface area contributed by atoms with Crippen LogP contribution in [0.2, 0.25) is 0 Å². The summed E-state index contributed by atoms with van der Waals surface area (Å²) in [5, 5.41) is 0. The Morgan fingerprint density at radius 1 is 1.33 bits per heavy atom. The predicted molar refractivity (Wildman–Crippen MR) is 31.9 cm³/mol. The molecule has 3 heteroatoms. The summed E-state index contributed by atoms with van der Waals surface area (Å²) in [5.74, 6) is -0.662. The monoisotopic (exact) mass is 127 g/mol. The van der Waals surface area contributed by atoms with E-state index in [9.17, 15) is 9.59 Å². The molecule has 0 radical (unpaired) electrons. The number of carbonyl (C=O) groups is 2. The number of nitrogens with zero attached hydrogens (tertiary/aromatic N) is 1. The molecule has 1 fully saturated rings. The molecule has 1 amide bonds. The number of hydrogen-bond acceptors (Lipinski definition) is 2. The Bertz CT molecular complexity index is 183. The van der Waals surface area contributed by atoms with Gasteiger partial charge >= 0.3 is 0 Å². The molecule has 0 aromatic heterocycles. The second-order valence-corrected chi connectivity index (χ2v) is 2.75. The molecular weight excluding hydrogens is 118 g/mol. The summed E-state index contributed by atoms with van der Waals surface area (Å²) in [6.07, 6.45) is 0. The molecule has 0 bridgehead atoms. The average molecular weight is 127 g/mol. The van der Waals surface area contributed by atoms with Crippen molar-refractivity contribution in [1.29, 1.82) is 0 Å². The van der Waals surface area contributed by atoms with Crippen LogP contribution in [-0.2, 0) is 9.59 Å². The van der Waals surface area contributed by atoms with Crippen LogP contribution in [0.25, 0.3) is 0 Å². The molecule has 0 unspecified atom stereocenters. The third kappa shape index (κ3) is 0.515. The summed E-state index contributed by atoms with van der Waals surface area (Å²) in [6.45, 7) is 3.47. The van der Waals surface area contributed by atoms with E-state index in [1.54, 1.807) is 20.9 Å². The quantitative estimate of drug-likeness (QED) is 0.334. The molecule has 0 N–H and O–H groups in total. The zero-order valence-electron chi connectivity index (χ0n) is 5.76. The number of amides is 1. The summed E-state index contributed by atoms with van der Waals surface area (Å²) in [4.78, 5) is 22.7. The van der Waals surface area contributed by atoms with Crippen molar-refractivity contribution < 1.29 is 9.59 Å². The van der Waals surface area contributed by atoms with Crippen molar-refractivity contribution >= 4 is 11.7 Å². The Kier molecular flexibility index (Phi) is 0.937. The Morgan fingerprint density at radius 2 is 1.78 bits per heavy atom. The van der Waals surface area contributed by atoms with Gasteiger partial charge in [-0.3, -0.25) is 9.59 Å². The van der Waals surface area contributed by atoms with Gasteiger partial charge in [-0.05, 0) is 13.8 Å². The van der Waals surface area contributed by atoms with Gasteiger partial charge in [-0.25, -0.2) is 0 Å². The van der Waals surface area contributed by atoms with E-state index in [0.29, 0.717) is 0 Å². The van der Waals surface area contributed by atoms with Gasteiger partial charge in [0, 0.05) is 7.05 Å². The zero-order chi connectivity index (χ0) is 7.23. The average Bonchev–Trinajstić information content (AvgIpc) is 1.84. The van der Waals surface area contributed by atoms with Crippen molar-refractivity contribution in [1.82, 2.24) is 4.90 Å². The standard InChI is InChI=1S/C6H9NO2/c1-6(2)4(8)5(9)7(6)3/h1-3H3. The number of likely N-dealkylation sites (tertiary alicyclic amines) is 1. The first-order chi connectivity index (χ1) is 3.98.